The number of rotatable bonds is 3. The molecule has 0 radical (unpaired) electrons. The molecule has 0 aromatic rings. The third-order valence-corrected chi connectivity index (χ3v) is 1.72. The largest absolute Gasteiger partial charge is 0.289 e. The SMILES string of the molecule is CC(=C=CC(C)(C)C)C(=O)/C=C/C(C)C. The number of hydrogen-bond donors (Lipinski definition) is 0. The zero-order valence-corrected chi connectivity index (χ0v) is 10.7. The molecule has 0 aliphatic heterocycles. The van der Waals surface area contributed by atoms with Crippen molar-refractivity contribution in [1.82, 2.24) is 0 Å². The summed E-state index contributed by atoms with van der Waals surface area (Å²) in [6.07, 6.45) is 5.47. The molecule has 0 amide bonds. The highest BCUT2D eigenvalue weighted by atomic mass is 16.1. The average molecular weight is 206 g/mol. The van der Waals surface area contributed by atoms with E-state index >= 15 is 0 Å². The lowest BCUT2D eigenvalue weighted by atomic mass is 9.96. The normalized spacial score (nSPS) is 11.7. The zero-order valence-electron chi connectivity index (χ0n) is 10.7. The summed E-state index contributed by atoms with van der Waals surface area (Å²) < 4.78 is 0. The number of hydrogen-bond acceptors (Lipinski definition) is 1. The Morgan fingerprint density at radius 2 is 1.80 bits per heavy atom. The maximum Gasteiger partial charge on any atom is 0.188 e. The Morgan fingerprint density at radius 3 is 2.20 bits per heavy atom. The molecule has 0 aliphatic carbocycles. The van der Waals surface area contributed by atoms with Gasteiger partial charge in [-0.2, -0.15) is 0 Å². The summed E-state index contributed by atoms with van der Waals surface area (Å²) in [5, 5.41) is 0. The van der Waals surface area contributed by atoms with E-state index in [9.17, 15) is 4.79 Å². The van der Waals surface area contributed by atoms with Crippen LogP contribution in [0, 0.1) is 11.3 Å². The van der Waals surface area contributed by atoms with Crippen molar-refractivity contribution in [2.45, 2.75) is 41.5 Å². The highest BCUT2D eigenvalue weighted by molar-refractivity contribution is 6.03. The fourth-order valence-corrected chi connectivity index (χ4v) is 0.801. The first-order valence-corrected chi connectivity index (χ1v) is 5.39. The van der Waals surface area contributed by atoms with Crippen molar-refractivity contribution >= 4 is 5.78 Å². The highest BCUT2D eigenvalue weighted by Gasteiger charge is 2.04. The molecular weight excluding hydrogens is 184 g/mol. The molecule has 1 heteroatoms. The number of ketones is 1. The Hall–Kier alpha value is -1.07. The summed E-state index contributed by atoms with van der Waals surface area (Å²) in [7, 11) is 0. The molecule has 0 unspecified atom stereocenters. The van der Waals surface area contributed by atoms with Crippen LogP contribution >= 0.6 is 0 Å². The van der Waals surface area contributed by atoms with Crippen LogP contribution in [-0.4, -0.2) is 5.78 Å². The third-order valence-electron chi connectivity index (χ3n) is 1.72. The van der Waals surface area contributed by atoms with E-state index in [2.05, 4.69) is 26.5 Å². The van der Waals surface area contributed by atoms with Gasteiger partial charge in [-0.1, -0.05) is 40.7 Å². The second kappa shape index (κ2) is 5.72. The van der Waals surface area contributed by atoms with Gasteiger partial charge in [0.25, 0.3) is 0 Å². The molecule has 0 N–H and O–H groups in total. The van der Waals surface area contributed by atoms with Crippen molar-refractivity contribution in [2.24, 2.45) is 11.3 Å². The van der Waals surface area contributed by atoms with Crippen molar-refractivity contribution in [3.8, 4) is 0 Å². The maximum absolute atomic E-state index is 11.6. The maximum atomic E-state index is 11.6. The molecule has 0 heterocycles. The molecule has 0 aromatic carbocycles. The summed E-state index contributed by atoms with van der Waals surface area (Å²) in [6.45, 7) is 12.2. The van der Waals surface area contributed by atoms with Gasteiger partial charge in [0.05, 0.1) is 0 Å². The molecule has 0 aromatic heterocycles. The van der Waals surface area contributed by atoms with E-state index in [1.165, 1.54) is 0 Å². The van der Waals surface area contributed by atoms with Crippen LogP contribution in [0.3, 0.4) is 0 Å². The van der Waals surface area contributed by atoms with Gasteiger partial charge in [-0.15, -0.1) is 5.73 Å². The standard InChI is InChI=1S/C14H22O/c1-11(2)7-8-13(15)12(3)9-10-14(4,5)6/h7-8,10-11H,1-6H3/b8-7+. The Balaban J connectivity index is 4.66. The van der Waals surface area contributed by atoms with Crippen LogP contribution in [0.4, 0.5) is 0 Å². The van der Waals surface area contributed by atoms with E-state index in [1.807, 2.05) is 26.0 Å². The topological polar surface area (TPSA) is 17.1 Å². The van der Waals surface area contributed by atoms with E-state index in [-0.39, 0.29) is 11.2 Å². The van der Waals surface area contributed by atoms with Crippen molar-refractivity contribution in [1.29, 1.82) is 0 Å². The van der Waals surface area contributed by atoms with Crippen LogP contribution in [0.2, 0.25) is 0 Å². The van der Waals surface area contributed by atoms with E-state index < -0.39 is 0 Å². The fourth-order valence-electron chi connectivity index (χ4n) is 0.801. The van der Waals surface area contributed by atoms with E-state index in [0.717, 1.165) is 0 Å². The molecule has 0 atom stereocenters. The summed E-state index contributed by atoms with van der Waals surface area (Å²) in [6, 6.07) is 0. The molecule has 0 spiro atoms. The molecule has 0 rings (SSSR count). The monoisotopic (exact) mass is 206 g/mol. The van der Waals surface area contributed by atoms with Gasteiger partial charge in [0.1, 0.15) is 0 Å². The van der Waals surface area contributed by atoms with Crippen LogP contribution in [0.25, 0.3) is 0 Å². The molecule has 84 valence electrons. The minimum atomic E-state index is 0.0456. The molecule has 0 bridgehead atoms. The minimum Gasteiger partial charge on any atom is -0.289 e. The molecular formula is C14H22O. The molecule has 1 nitrogen and oxygen atoms in total. The predicted octanol–water partition coefficient (Wildman–Crippen LogP) is 3.92. The van der Waals surface area contributed by atoms with Crippen molar-refractivity contribution < 1.29 is 4.79 Å². The van der Waals surface area contributed by atoms with Gasteiger partial charge in [0.15, 0.2) is 5.78 Å². The van der Waals surface area contributed by atoms with E-state index in [0.29, 0.717) is 11.5 Å². The van der Waals surface area contributed by atoms with Crippen molar-refractivity contribution in [3.05, 3.63) is 29.5 Å². The van der Waals surface area contributed by atoms with Crippen molar-refractivity contribution in [2.75, 3.05) is 0 Å². The molecule has 0 saturated carbocycles. The first-order chi connectivity index (χ1) is 6.72. The van der Waals surface area contributed by atoms with Gasteiger partial charge < -0.3 is 0 Å². The van der Waals surface area contributed by atoms with Crippen molar-refractivity contribution in [3.63, 3.8) is 0 Å². The molecule has 0 aliphatic rings. The van der Waals surface area contributed by atoms with Gasteiger partial charge in [0.2, 0.25) is 0 Å². The Kier molecular flexibility index (Phi) is 5.32. The highest BCUT2D eigenvalue weighted by Crippen LogP contribution is 2.14. The third kappa shape index (κ3) is 7.96. The van der Waals surface area contributed by atoms with Crippen LogP contribution in [-0.2, 0) is 4.79 Å². The van der Waals surface area contributed by atoms with Gasteiger partial charge in [-0.25, -0.2) is 0 Å². The summed E-state index contributed by atoms with van der Waals surface area (Å²) in [4.78, 5) is 11.6. The van der Waals surface area contributed by atoms with Crippen LogP contribution in [0.15, 0.2) is 29.5 Å². The van der Waals surface area contributed by atoms with Gasteiger partial charge >= 0.3 is 0 Å². The summed E-state index contributed by atoms with van der Waals surface area (Å²) in [5.41, 5.74) is 3.78. The average Bonchev–Trinajstić information content (AvgIpc) is 2.08. The number of carbonyl (C=O) groups excluding carboxylic acids is 1. The fraction of sp³-hybridized carbons (Fsp3) is 0.571. The second-order valence-corrected chi connectivity index (χ2v) is 5.25. The van der Waals surface area contributed by atoms with Crippen LogP contribution in [0.5, 0.6) is 0 Å². The Morgan fingerprint density at radius 1 is 1.27 bits per heavy atom. The summed E-state index contributed by atoms with van der Waals surface area (Å²) in [5.74, 6) is 0.456. The lowest BCUT2D eigenvalue weighted by Crippen LogP contribution is -1.99. The first-order valence-electron chi connectivity index (χ1n) is 5.39. The van der Waals surface area contributed by atoms with Crippen LogP contribution < -0.4 is 0 Å². The van der Waals surface area contributed by atoms with Gasteiger partial charge in [0, 0.05) is 5.57 Å². The predicted molar refractivity (Wildman–Crippen MR) is 65.7 cm³/mol. The quantitative estimate of drug-likeness (QED) is 0.505. The molecule has 15 heavy (non-hydrogen) atoms. The number of carbonyl (C=O) groups is 1. The lowest BCUT2D eigenvalue weighted by molar-refractivity contribution is -0.111. The molecule has 0 saturated heterocycles. The Labute approximate surface area is 93.6 Å². The smallest absolute Gasteiger partial charge is 0.188 e. The molecule has 0 fully saturated rings. The second-order valence-electron chi connectivity index (χ2n) is 5.25. The van der Waals surface area contributed by atoms with Gasteiger partial charge in [-0.05, 0) is 30.4 Å². The van der Waals surface area contributed by atoms with E-state index in [1.54, 1.807) is 13.0 Å². The summed E-state index contributed by atoms with van der Waals surface area (Å²) >= 11 is 0. The minimum absolute atomic E-state index is 0.0456. The number of allylic oxidation sites excluding steroid dienone is 3. The van der Waals surface area contributed by atoms with Crippen LogP contribution in [0.1, 0.15) is 41.5 Å². The zero-order chi connectivity index (χ0) is 12.1. The van der Waals surface area contributed by atoms with Gasteiger partial charge in [-0.3, -0.25) is 4.79 Å². The van der Waals surface area contributed by atoms with E-state index in [4.69, 9.17) is 0 Å². The lowest BCUT2D eigenvalue weighted by Gasteiger charge is -2.08. The first kappa shape index (κ1) is 13.9. The Bertz CT molecular complexity index is 305.